The van der Waals surface area contributed by atoms with E-state index < -0.39 is 0 Å². The van der Waals surface area contributed by atoms with Crippen LogP contribution in [0.1, 0.15) is 12.5 Å². The lowest BCUT2D eigenvalue weighted by molar-refractivity contribution is 0.727. The molecule has 0 aliphatic rings. The smallest absolute Gasteiger partial charge is 0.193 e. The Kier molecular flexibility index (Phi) is 4.00. The van der Waals surface area contributed by atoms with Crippen molar-refractivity contribution < 1.29 is 0 Å². The van der Waals surface area contributed by atoms with Crippen LogP contribution in [0, 0.1) is 0 Å². The first-order valence-corrected chi connectivity index (χ1v) is 6.06. The maximum atomic E-state index is 5.71. The average Bonchev–Trinajstić information content (AvgIpc) is 2.32. The van der Waals surface area contributed by atoms with E-state index in [1.54, 1.807) is 18.6 Å². The molecule has 1 unspecified atom stereocenters. The standard InChI is InChI=1S/C11H13N5S/c1-8(12)4-9-5-14-11(15-6-9)17-10-2-3-13-7-16-10/h2-3,5-8H,4,12H2,1H3. The van der Waals surface area contributed by atoms with Gasteiger partial charge in [0.25, 0.3) is 0 Å². The summed E-state index contributed by atoms with van der Waals surface area (Å²) in [4.78, 5) is 16.5. The molecule has 88 valence electrons. The summed E-state index contributed by atoms with van der Waals surface area (Å²) in [5, 5.41) is 1.51. The van der Waals surface area contributed by atoms with Gasteiger partial charge in [-0.15, -0.1) is 0 Å². The highest BCUT2D eigenvalue weighted by Gasteiger charge is 2.03. The lowest BCUT2D eigenvalue weighted by Gasteiger charge is -2.04. The summed E-state index contributed by atoms with van der Waals surface area (Å²) < 4.78 is 0. The van der Waals surface area contributed by atoms with Gasteiger partial charge in [0.1, 0.15) is 11.4 Å². The molecule has 0 bridgehead atoms. The Morgan fingerprint density at radius 3 is 2.65 bits per heavy atom. The predicted molar refractivity (Wildman–Crippen MR) is 65.5 cm³/mol. The lowest BCUT2D eigenvalue weighted by Crippen LogP contribution is -2.17. The number of nitrogens with zero attached hydrogens (tertiary/aromatic N) is 4. The molecular weight excluding hydrogens is 234 g/mol. The maximum absolute atomic E-state index is 5.71. The summed E-state index contributed by atoms with van der Waals surface area (Å²) >= 11 is 1.41. The number of hydrogen-bond donors (Lipinski definition) is 1. The molecule has 2 aromatic rings. The number of hydrogen-bond acceptors (Lipinski definition) is 6. The minimum atomic E-state index is 0.124. The van der Waals surface area contributed by atoms with E-state index in [2.05, 4.69) is 19.9 Å². The van der Waals surface area contributed by atoms with Gasteiger partial charge in [-0.2, -0.15) is 0 Å². The van der Waals surface area contributed by atoms with E-state index in [9.17, 15) is 0 Å². The Balaban J connectivity index is 2.03. The molecule has 17 heavy (non-hydrogen) atoms. The van der Waals surface area contributed by atoms with E-state index in [4.69, 9.17) is 5.73 Å². The molecule has 0 radical (unpaired) electrons. The number of nitrogens with two attached hydrogens (primary N) is 1. The fourth-order valence-corrected chi connectivity index (χ4v) is 1.93. The van der Waals surface area contributed by atoms with E-state index in [-0.39, 0.29) is 6.04 Å². The van der Waals surface area contributed by atoms with Gasteiger partial charge in [0, 0.05) is 24.6 Å². The van der Waals surface area contributed by atoms with Gasteiger partial charge >= 0.3 is 0 Å². The van der Waals surface area contributed by atoms with Crippen LogP contribution in [0.4, 0.5) is 0 Å². The summed E-state index contributed by atoms with van der Waals surface area (Å²) in [6.45, 7) is 1.96. The van der Waals surface area contributed by atoms with Gasteiger partial charge in [-0.25, -0.2) is 19.9 Å². The van der Waals surface area contributed by atoms with Crippen LogP contribution in [-0.4, -0.2) is 26.0 Å². The number of aromatic nitrogens is 4. The first-order chi connectivity index (χ1) is 8.24. The summed E-state index contributed by atoms with van der Waals surface area (Å²) in [6, 6.07) is 1.95. The minimum Gasteiger partial charge on any atom is -0.328 e. The minimum absolute atomic E-state index is 0.124. The van der Waals surface area contributed by atoms with Crippen LogP contribution in [-0.2, 0) is 6.42 Å². The molecule has 2 aromatic heterocycles. The summed E-state index contributed by atoms with van der Waals surface area (Å²) in [6.07, 6.45) is 7.60. The molecule has 0 saturated carbocycles. The molecule has 0 fully saturated rings. The Bertz CT molecular complexity index is 457. The van der Waals surface area contributed by atoms with Crippen molar-refractivity contribution in [3.8, 4) is 0 Å². The Hall–Kier alpha value is -1.53. The van der Waals surface area contributed by atoms with Gasteiger partial charge in [-0.3, -0.25) is 0 Å². The molecule has 0 aliphatic heterocycles. The largest absolute Gasteiger partial charge is 0.328 e. The van der Waals surface area contributed by atoms with Crippen LogP contribution in [0.2, 0.25) is 0 Å². The van der Waals surface area contributed by atoms with Crippen molar-refractivity contribution >= 4 is 11.8 Å². The molecule has 2 heterocycles. The van der Waals surface area contributed by atoms with E-state index in [1.807, 2.05) is 13.0 Å². The van der Waals surface area contributed by atoms with Crippen molar-refractivity contribution in [1.82, 2.24) is 19.9 Å². The topological polar surface area (TPSA) is 77.6 Å². The van der Waals surface area contributed by atoms with Gasteiger partial charge < -0.3 is 5.73 Å². The molecule has 6 heteroatoms. The number of rotatable bonds is 4. The average molecular weight is 247 g/mol. The van der Waals surface area contributed by atoms with Gasteiger partial charge in [0.05, 0.1) is 0 Å². The van der Waals surface area contributed by atoms with Crippen molar-refractivity contribution in [2.45, 2.75) is 29.6 Å². The molecule has 0 aliphatic carbocycles. The quantitative estimate of drug-likeness (QED) is 0.648. The maximum Gasteiger partial charge on any atom is 0.193 e. The summed E-state index contributed by atoms with van der Waals surface area (Å²) in [7, 11) is 0. The highest BCUT2D eigenvalue weighted by Crippen LogP contribution is 2.20. The predicted octanol–water partition coefficient (Wildman–Crippen LogP) is 1.31. The second-order valence-corrected chi connectivity index (χ2v) is 4.69. The summed E-state index contributed by atoms with van der Waals surface area (Å²) in [5.74, 6) is 0. The molecule has 2 rings (SSSR count). The summed E-state index contributed by atoms with van der Waals surface area (Å²) in [5.41, 5.74) is 6.76. The van der Waals surface area contributed by atoms with Crippen LogP contribution < -0.4 is 5.73 Å². The first-order valence-electron chi connectivity index (χ1n) is 5.24. The molecular formula is C11H13N5S. The lowest BCUT2D eigenvalue weighted by atomic mass is 10.1. The fourth-order valence-electron chi connectivity index (χ4n) is 1.31. The second-order valence-electron chi connectivity index (χ2n) is 3.70. The second kappa shape index (κ2) is 5.70. The van der Waals surface area contributed by atoms with Crippen LogP contribution in [0.15, 0.2) is 41.2 Å². The van der Waals surface area contributed by atoms with Crippen molar-refractivity contribution in [1.29, 1.82) is 0 Å². The zero-order chi connectivity index (χ0) is 12.1. The Morgan fingerprint density at radius 1 is 1.29 bits per heavy atom. The normalized spacial score (nSPS) is 12.4. The van der Waals surface area contributed by atoms with Gasteiger partial charge in [-0.05, 0) is 36.7 Å². The van der Waals surface area contributed by atoms with E-state index in [0.717, 1.165) is 17.0 Å². The van der Waals surface area contributed by atoms with Gasteiger partial charge in [0.2, 0.25) is 0 Å². The van der Waals surface area contributed by atoms with Crippen LogP contribution in [0.3, 0.4) is 0 Å². The fraction of sp³-hybridized carbons (Fsp3) is 0.273. The van der Waals surface area contributed by atoms with Crippen molar-refractivity contribution in [3.63, 3.8) is 0 Å². The first kappa shape index (κ1) is 11.9. The highest BCUT2D eigenvalue weighted by molar-refractivity contribution is 7.99. The SMILES string of the molecule is CC(N)Cc1cnc(Sc2ccncn2)nc1. The van der Waals surface area contributed by atoms with E-state index >= 15 is 0 Å². The van der Waals surface area contributed by atoms with Crippen LogP contribution in [0.25, 0.3) is 0 Å². The third-order valence-electron chi connectivity index (χ3n) is 1.99. The Morgan fingerprint density at radius 2 is 2.06 bits per heavy atom. The van der Waals surface area contributed by atoms with E-state index in [1.165, 1.54) is 18.1 Å². The molecule has 1 atom stereocenters. The van der Waals surface area contributed by atoms with Gasteiger partial charge in [0.15, 0.2) is 5.16 Å². The van der Waals surface area contributed by atoms with Crippen LogP contribution in [0.5, 0.6) is 0 Å². The molecule has 0 spiro atoms. The zero-order valence-corrected chi connectivity index (χ0v) is 10.3. The van der Waals surface area contributed by atoms with Gasteiger partial charge in [-0.1, -0.05) is 0 Å². The molecule has 0 amide bonds. The highest BCUT2D eigenvalue weighted by atomic mass is 32.2. The van der Waals surface area contributed by atoms with Crippen LogP contribution >= 0.6 is 11.8 Å². The van der Waals surface area contributed by atoms with E-state index in [0.29, 0.717) is 5.16 Å². The van der Waals surface area contributed by atoms with Crippen molar-refractivity contribution in [2.75, 3.05) is 0 Å². The van der Waals surface area contributed by atoms with Crippen molar-refractivity contribution in [3.05, 3.63) is 36.5 Å². The third-order valence-corrected chi connectivity index (χ3v) is 2.83. The molecule has 5 nitrogen and oxygen atoms in total. The molecule has 0 saturated heterocycles. The Labute approximate surface area is 104 Å². The van der Waals surface area contributed by atoms with Crippen molar-refractivity contribution in [2.24, 2.45) is 5.73 Å². The molecule has 0 aromatic carbocycles. The molecule has 2 N–H and O–H groups in total. The third kappa shape index (κ3) is 3.76. The monoisotopic (exact) mass is 247 g/mol. The zero-order valence-electron chi connectivity index (χ0n) is 9.45.